The number of imide groups is 1. The Bertz CT molecular complexity index is 1040. The molecule has 9 heteroatoms. The summed E-state index contributed by atoms with van der Waals surface area (Å²) in [6, 6.07) is 11.0. The third-order valence-corrected chi connectivity index (χ3v) is 6.51. The second kappa shape index (κ2) is 11.8. The molecule has 0 aromatic heterocycles. The number of nitrogens with zero attached hydrogens (tertiary/aromatic N) is 1. The number of carbonyl (C=O) groups is 2. The average Bonchev–Trinajstić information content (AvgIpc) is 3.35. The van der Waals surface area contributed by atoms with Crippen LogP contribution in [0.2, 0.25) is 0 Å². The van der Waals surface area contributed by atoms with Crippen molar-refractivity contribution in [1.29, 1.82) is 0 Å². The zero-order chi connectivity index (χ0) is 24.6. The number of aryl methyl sites for hydroxylation is 1. The summed E-state index contributed by atoms with van der Waals surface area (Å²) in [6.45, 7) is 3.22. The maximum atomic E-state index is 12.6. The molecule has 1 saturated heterocycles. The van der Waals surface area contributed by atoms with E-state index >= 15 is 0 Å². The largest absolute Gasteiger partial charge is 0.497 e. The van der Waals surface area contributed by atoms with Crippen LogP contribution in [0.5, 0.6) is 23.0 Å². The number of hydrogen-bond acceptors (Lipinski definition) is 7. The molecule has 0 radical (unpaired) electrons. The summed E-state index contributed by atoms with van der Waals surface area (Å²) in [5.41, 5.74) is 2.03. The van der Waals surface area contributed by atoms with Crippen LogP contribution in [-0.2, 0) is 17.8 Å². The van der Waals surface area contributed by atoms with E-state index in [0.29, 0.717) is 18.3 Å². The first-order valence-electron chi connectivity index (χ1n) is 12.0. The van der Waals surface area contributed by atoms with Crippen LogP contribution in [0.15, 0.2) is 36.4 Å². The average molecular weight is 484 g/mol. The minimum absolute atomic E-state index is 0.151. The monoisotopic (exact) mass is 483 g/mol. The summed E-state index contributed by atoms with van der Waals surface area (Å²) in [5, 5.41) is 5.21. The van der Waals surface area contributed by atoms with Gasteiger partial charge in [0, 0.05) is 24.1 Å². The molecule has 9 nitrogen and oxygen atoms in total. The van der Waals surface area contributed by atoms with Crippen molar-refractivity contribution >= 4 is 11.9 Å². The molecule has 2 aliphatic rings. The van der Waals surface area contributed by atoms with Gasteiger partial charge in [0.1, 0.15) is 11.5 Å². The SMILES string of the molecule is COc1ccc(CNC(=O)NC(=O)C2CCN(CCCc3ccc4c(c3)OCO4)CC2)c(OC)c1. The normalized spacial score (nSPS) is 15.5. The van der Waals surface area contributed by atoms with Gasteiger partial charge in [0.15, 0.2) is 11.5 Å². The van der Waals surface area contributed by atoms with Crippen LogP contribution in [-0.4, -0.2) is 57.5 Å². The van der Waals surface area contributed by atoms with Crippen LogP contribution in [0.3, 0.4) is 0 Å². The van der Waals surface area contributed by atoms with Gasteiger partial charge in [0.2, 0.25) is 12.7 Å². The molecule has 0 saturated carbocycles. The number of rotatable bonds is 9. The molecule has 188 valence electrons. The highest BCUT2D eigenvalue weighted by Crippen LogP contribution is 2.32. The summed E-state index contributed by atoms with van der Waals surface area (Å²) in [4.78, 5) is 27.2. The second-order valence-electron chi connectivity index (χ2n) is 8.76. The van der Waals surface area contributed by atoms with Gasteiger partial charge in [0.25, 0.3) is 0 Å². The lowest BCUT2D eigenvalue weighted by molar-refractivity contribution is -0.125. The van der Waals surface area contributed by atoms with E-state index in [0.717, 1.165) is 62.4 Å². The molecule has 2 heterocycles. The van der Waals surface area contributed by atoms with Gasteiger partial charge in [0.05, 0.1) is 14.2 Å². The fraction of sp³-hybridized carbons (Fsp3) is 0.462. The fourth-order valence-electron chi connectivity index (χ4n) is 4.45. The molecule has 0 unspecified atom stereocenters. The molecule has 2 aromatic rings. The lowest BCUT2D eigenvalue weighted by atomic mass is 9.95. The molecule has 2 aliphatic heterocycles. The summed E-state index contributed by atoms with van der Waals surface area (Å²) in [6.07, 6.45) is 3.49. The lowest BCUT2D eigenvalue weighted by Crippen LogP contribution is -2.45. The van der Waals surface area contributed by atoms with E-state index in [1.54, 1.807) is 26.4 Å². The maximum absolute atomic E-state index is 12.6. The number of urea groups is 1. The molecular formula is C26H33N3O6. The van der Waals surface area contributed by atoms with Crippen molar-refractivity contribution in [2.45, 2.75) is 32.2 Å². The number of likely N-dealkylation sites (tertiary alicyclic amines) is 1. The van der Waals surface area contributed by atoms with Crippen molar-refractivity contribution in [3.63, 3.8) is 0 Å². The Morgan fingerprint density at radius 3 is 2.60 bits per heavy atom. The Morgan fingerprint density at radius 2 is 1.83 bits per heavy atom. The second-order valence-corrected chi connectivity index (χ2v) is 8.76. The number of benzene rings is 2. The summed E-state index contributed by atoms with van der Waals surface area (Å²) in [7, 11) is 3.14. The van der Waals surface area contributed by atoms with Gasteiger partial charge in [-0.3, -0.25) is 10.1 Å². The van der Waals surface area contributed by atoms with Gasteiger partial charge < -0.3 is 29.2 Å². The van der Waals surface area contributed by atoms with Gasteiger partial charge in [-0.05, 0) is 75.1 Å². The Morgan fingerprint density at radius 1 is 1.03 bits per heavy atom. The molecule has 0 atom stereocenters. The number of fused-ring (bicyclic) bond motifs is 1. The predicted molar refractivity (Wildman–Crippen MR) is 130 cm³/mol. The zero-order valence-corrected chi connectivity index (χ0v) is 20.3. The minimum atomic E-state index is -0.501. The van der Waals surface area contributed by atoms with E-state index in [1.165, 1.54) is 5.56 Å². The molecule has 0 bridgehead atoms. The number of hydrogen-bond donors (Lipinski definition) is 2. The molecule has 4 rings (SSSR count). The maximum Gasteiger partial charge on any atom is 0.321 e. The molecule has 0 spiro atoms. The number of carbonyl (C=O) groups excluding carboxylic acids is 2. The molecule has 0 aliphatic carbocycles. The van der Waals surface area contributed by atoms with Crippen molar-refractivity contribution in [2.24, 2.45) is 5.92 Å². The van der Waals surface area contributed by atoms with Crippen LogP contribution >= 0.6 is 0 Å². The first-order chi connectivity index (χ1) is 17.1. The first kappa shape index (κ1) is 24.7. The van der Waals surface area contributed by atoms with Gasteiger partial charge >= 0.3 is 6.03 Å². The van der Waals surface area contributed by atoms with E-state index in [1.807, 2.05) is 12.1 Å². The van der Waals surface area contributed by atoms with E-state index in [9.17, 15) is 9.59 Å². The summed E-state index contributed by atoms with van der Waals surface area (Å²) >= 11 is 0. The topological polar surface area (TPSA) is 98.4 Å². The van der Waals surface area contributed by atoms with Crippen molar-refractivity contribution < 1.29 is 28.5 Å². The van der Waals surface area contributed by atoms with E-state index in [-0.39, 0.29) is 18.4 Å². The standard InChI is InChI=1S/C26H33N3O6/c1-32-21-7-6-20(23(15-21)33-2)16-27-26(31)28-25(30)19-9-12-29(13-10-19)11-3-4-18-5-8-22-24(14-18)35-17-34-22/h5-8,14-15,19H,3-4,9-13,16-17H2,1-2H3,(H2,27,28,30,31). The highest BCUT2D eigenvalue weighted by molar-refractivity contribution is 5.95. The van der Waals surface area contributed by atoms with E-state index in [2.05, 4.69) is 27.7 Å². The van der Waals surface area contributed by atoms with Gasteiger partial charge in [-0.2, -0.15) is 0 Å². The third-order valence-electron chi connectivity index (χ3n) is 6.51. The smallest absolute Gasteiger partial charge is 0.321 e. The Hall–Kier alpha value is -3.46. The van der Waals surface area contributed by atoms with Crippen molar-refractivity contribution in [1.82, 2.24) is 15.5 Å². The van der Waals surface area contributed by atoms with Crippen molar-refractivity contribution in [3.8, 4) is 23.0 Å². The Kier molecular flexibility index (Phi) is 8.31. The highest BCUT2D eigenvalue weighted by Gasteiger charge is 2.26. The Balaban J connectivity index is 1.14. The summed E-state index contributed by atoms with van der Waals surface area (Å²) < 4.78 is 21.3. The number of methoxy groups -OCH3 is 2. The zero-order valence-electron chi connectivity index (χ0n) is 20.3. The highest BCUT2D eigenvalue weighted by atomic mass is 16.7. The molecule has 1 fully saturated rings. The van der Waals surface area contributed by atoms with E-state index < -0.39 is 6.03 Å². The predicted octanol–water partition coefficient (Wildman–Crippen LogP) is 3.10. The van der Waals surface area contributed by atoms with Gasteiger partial charge in [-0.25, -0.2) is 4.79 Å². The molecular weight excluding hydrogens is 450 g/mol. The van der Waals surface area contributed by atoms with Gasteiger partial charge in [-0.1, -0.05) is 6.07 Å². The number of piperidine rings is 1. The van der Waals surface area contributed by atoms with Crippen LogP contribution in [0, 0.1) is 5.92 Å². The first-order valence-corrected chi connectivity index (χ1v) is 12.0. The number of nitrogens with one attached hydrogen (secondary N) is 2. The molecule has 2 N–H and O–H groups in total. The summed E-state index contributed by atoms with van der Waals surface area (Å²) in [5.74, 6) is 2.54. The van der Waals surface area contributed by atoms with Crippen LogP contribution < -0.4 is 29.6 Å². The number of amides is 3. The van der Waals surface area contributed by atoms with Gasteiger partial charge in [-0.15, -0.1) is 0 Å². The van der Waals surface area contributed by atoms with E-state index in [4.69, 9.17) is 18.9 Å². The van der Waals surface area contributed by atoms with Crippen LogP contribution in [0.25, 0.3) is 0 Å². The minimum Gasteiger partial charge on any atom is -0.497 e. The lowest BCUT2D eigenvalue weighted by Gasteiger charge is -2.31. The van der Waals surface area contributed by atoms with Crippen LogP contribution in [0.4, 0.5) is 4.79 Å². The van der Waals surface area contributed by atoms with Crippen LogP contribution in [0.1, 0.15) is 30.4 Å². The quantitative estimate of drug-likeness (QED) is 0.566. The fourth-order valence-corrected chi connectivity index (χ4v) is 4.45. The van der Waals surface area contributed by atoms with Crippen molar-refractivity contribution in [2.75, 3.05) is 40.6 Å². The molecule has 35 heavy (non-hydrogen) atoms. The molecule has 2 aromatic carbocycles. The molecule has 3 amide bonds. The number of ether oxygens (including phenoxy) is 4. The Labute approximate surface area is 205 Å². The van der Waals surface area contributed by atoms with Crippen molar-refractivity contribution in [3.05, 3.63) is 47.5 Å². The third kappa shape index (κ3) is 6.57.